The van der Waals surface area contributed by atoms with Gasteiger partial charge in [-0.15, -0.1) is 23.1 Å². The maximum Gasteiger partial charge on any atom is 0.306 e. The van der Waals surface area contributed by atoms with Crippen molar-refractivity contribution in [3.05, 3.63) is 53.7 Å². The Morgan fingerprint density at radius 3 is 2.78 bits per heavy atom. The second kappa shape index (κ2) is 9.77. The summed E-state index contributed by atoms with van der Waals surface area (Å²) in [7, 11) is 1.41. The van der Waals surface area contributed by atoms with E-state index in [0.29, 0.717) is 12.2 Å². The highest BCUT2D eigenvalue weighted by atomic mass is 32.2. The van der Waals surface area contributed by atoms with Crippen LogP contribution in [-0.2, 0) is 9.53 Å². The van der Waals surface area contributed by atoms with Crippen LogP contribution in [0, 0.1) is 6.92 Å². The standard InChI is InChI=1S/C19H19N3O2S3/c1-13-12-26-19(21-13)22-18-16(27-14-6-4-3-5-7-14)10-15(11-20-18)25-9-8-17(23)24-2/h3-7,10-12H,8-9H2,1-2H3,(H,20,21,22). The molecular weight excluding hydrogens is 398 g/mol. The van der Waals surface area contributed by atoms with Gasteiger partial charge in [0.2, 0.25) is 0 Å². The Morgan fingerprint density at radius 2 is 2.07 bits per heavy atom. The quantitative estimate of drug-likeness (QED) is 0.389. The van der Waals surface area contributed by atoms with Crippen LogP contribution in [-0.4, -0.2) is 28.8 Å². The molecule has 2 aromatic heterocycles. The maximum atomic E-state index is 11.3. The van der Waals surface area contributed by atoms with Gasteiger partial charge in [0.05, 0.1) is 24.1 Å². The molecule has 8 heteroatoms. The molecule has 3 rings (SSSR count). The van der Waals surface area contributed by atoms with Gasteiger partial charge in [-0.3, -0.25) is 4.79 Å². The van der Waals surface area contributed by atoms with Gasteiger partial charge >= 0.3 is 5.97 Å². The fourth-order valence-corrected chi connectivity index (χ4v) is 4.69. The first-order valence-electron chi connectivity index (χ1n) is 8.26. The minimum absolute atomic E-state index is 0.202. The summed E-state index contributed by atoms with van der Waals surface area (Å²) in [6, 6.07) is 12.3. The average molecular weight is 418 g/mol. The van der Waals surface area contributed by atoms with Gasteiger partial charge in [0.15, 0.2) is 5.13 Å². The van der Waals surface area contributed by atoms with Crippen molar-refractivity contribution in [1.82, 2.24) is 9.97 Å². The number of aryl methyl sites for hydroxylation is 1. The molecule has 0 aliphatic rings. The van der Waals surface area contributed by atoms with Crippen LogP contribution >= 0.6 is 34.9 Å². The first-order chi connectivity index (χ1) is 13.1. The summed E-state index contributed by atoms with van der Waals surface area (Å²) in [5.41, 5.74) is 0.981. The van der Waals surface area contributed by atoms with E-state index in [1.807, 2.05) is 36.7 Å². The second-order valence-corrected chi connectivity index (χ2v) is 8.67. The van der Waals surface area contributed by atoms with E-state index in [1.54, 1.807) is 34.9 Å². The maximum absolute atomic E-state index is 11.3. The zero-order valence-corrected chi connectivity index (χ0v) is 17.4. The van der Waals surface area contributed by atoms with E-state index >= 15 is 0 Å². The van der Waals surface area contributed by atoms with Crippen LogP contribution in [0.4, 0.5) is 10.9 Å². The van der Waals surface area contributed by atoms with Gasteiger partial charge in [-0.05, 0) is 25.1 Å². The van der Waals surface area contributed by atoms with E-state index in [-0.39, 0.29) is 5.97 Å². The van der Waals surface area contributed by atoms with Gasteiger partial charge in [0, 0.05) is 27.1 Å². The third-order valence-corrected chi connectivity index (χ3v) is 6.32. The van der Waals surface area contributed by atoms with Crippen LogP contribution in [0.1, 0.15) is 12.1 Å². The molecule has 0 saturated carbocycles. The lowest BCUT2D eigenvalue weighted by atomic mass is 10.4. The molecule has 140 valence electrons. The number of pyridine rings is 1. The smallest absolute Gasteiger partial charge is 0.306 e. The van der Waals surface area contributed by atoms with Crippen LogP contribution in [0.2, 0.25) is 0 Å². The first kappa shape index (κ1) is 19.7. The second-order valence-electron chi connectivity index (χ2n) is 5.53. The SMILES string of the molecule is COC(=O)CCSc1cnc(Nc2nc(C)cs2)c(Sc2ccccc2)c1. The Hall–Kier alpha value is -2.03. The Kier molecular flexibility index (Phi) is 7.14. The van der Waals surface area contributed by atoms with E-state index in [0.717, 1.165) is 31.3 Å². The average Bonchev–Trinajstić information content (AvgIpc) is 3.09. The molecule has 0 saturated heterocycles. The number of thioether (sulfide) groups is 1. The summed E-state index contributed by atoms with van der Waals surface area (Å²) >= 11 is 4.79. The number of rotatable bonds is 8. The molecule has 0 bridgehead atoms. The number of benzene rings is 1. The summed E-state index contributed by atoms with van der Waals surface area (Å²) in [6.07, 6.45) is 2.19. The number of aromatic nitrogens is 2. The number of carbonyl (C=O) groups excluding carboxylic acids is 1. The summed E-state index contributed by atoms with van der Waals surface area (Å²) < 4.78 is 4.69. The number of carbonyl (C=O) groups is 1. The Balaban J connectivity index is 1.79. The van der Waals surface area contributed by atoms with E-state index in [9.17, 15) is 4.79 Å². The number of esters is 1. The predicted octanol–water partition coefficient (Wildman–Crippen LogP) is 5.40. The monoisotopic (exact) mass is 417 g/mol. The minimum atomic E-state index is -0.202. The van der Waals surface area contributed by atoms with Crippen molar-refractivity contribution in [3.8, 4) is 0 Å². The molecule has 5 nitrogen and oxygen atoms in total. The number of nitrogens with zero attached hydrogens (tertiary/aromatic N) is 2. The van der Waals surface area contributed by atoms with Gasteiger partial charge in [-0.2, -0.15) is 0 Å². The van der Waals surface area contributed by atoms with Crippen molar-refractivity contribution in [2.24, 2.45) is 0 Å². The molecule has 3 aromatic rings. The van der Waals surface area contributed by atoms with E-state index in [4.69, 9.17) is 4.74 Å². The van der Waals surface area contributed by atoms with Crippen molar-refractivity contribution in [1.29, 1.82) is 0 Å². The third kappa shape index (κ3) is 5.98. The van der Waals surface area contributed by atoms with Gasteiger partial charge in [-0.1, -0.05) is 30.0 Å². The third-order valence-electron chi connectivity index (χ3n) is 3.45. The first-order valence-corrected chi connectivity index (χ1v) is 10.9. The number of nitrogens with one attached hydrogen (secondary N) is 1. The largest absolute Gasteiger partial charge is 0.469 e. The highest BCUT2D eigenvalue weighted by Crippen LogP contribution is 2.36. The lowest BCUT2D eigenvalue weighted by molar-refractivity contribution is -0.140. The molecular formula is C19H19N3O2S3. The van der Waals surface area contributed by atoms with Crippen LogP contribution < -0.4 is 5.32 Å². The lowest BCUT2D eigenvalue weighted by Crippen LogP contribution is -2.01. The summed E-state index contributed by atoms with van der Waals surface area (Å²) in [6.45, 7) is 1.97. The van der Waals surface area contributed by atoms with Crippen molar-refractivity contribution >= 4 is 51.8 Å². The van der Waals surface area contributed by atoms with Crippen molar-refractivity contribution in [2.45, 2.75) is 28.0 Å². The van der Waals surface area contributed by atoms with Gasteiger partial charge < -0.3 is 10.1 Å². The van der Waals surface area contributed by atoms with E-state index in [2.05, 4.69) is 33.5 Å². The molecule has 0 unspecified atom stereocenters. The highest BCUT2D eigenvalue weighted by Gasteiger charge is 2.11. The number of anilines is 2. The highest BCUT2D eigenvalue weighted by molar-refractivity contribution is 8.00. The molecule has 0 aliphatic heterocycles. The number of ether oxygens (including phenoxy) is 1. The van der Waals surface area contributed by atoms with Crippen LogP contribution in [0.3, 0.4) is 0 Å². The Bertz CT molecular complexity index is 900. The molecule has 2 heterocycles. The summed E-state index contributed by atoms with van der Waals surface area (Å²) in [4.78, 5) is 23.5. The fraction of sp³-hybridized carbons (Fsp3) is 0.211. The van der Waals surface area contributed by atoms with Crippen molar-refractivity contribution < 1.29 is 9.53 Å². The Morgan fingerprint density at radius 1 is 1.26 bits per heavy atom. The zero-order valence-electron chi connectivity index (χ0n) is 15.0. The lowest BCUT2D eigenvalue weighted by Gasteiger charge is -2.11. The summed E-state index contributed by atoms with van der Waals surface area (Å²) in [5.74, 6) is 1.23. The number of hydrogen-bond acceptors (Lipinski definition) is 8. The van der Waals surface area contributed by atoms with E-state index < -0.39 is 0 Å². The topological polar surface area (TPSA) is 64.1 Å². The van der Waals surface area contributed by atoms with Gasteiger partial charge in [-0.25, -0.2) is 9.97 Å². The molecule has 0 aliphatic carbocycles. The molecule has 1 N–H and O–H groups in total. The van der Waals surface area contributed by atoms with Crippen LogP contribution in [0.5, 0.6) is 0 Å². The van der Waals surface area contributed by atoms with Gasteiger partial charge in [0.25, 0.3) is 0 Å². The normalized spacial score (nSPS) is 10.6. The molecule has 0 spiro atoms. The van der Waals surface area contributed by atoms with E-state index in [1.165, 1.54) is 7.11 Å². The molecule has 0 atom stereocenters. The molecule has 0 fully saturated rings. The molecule has 0 amide bonds. The molecule has 0 radical (unpaired) electrons. The van der Waals surface area contributed by atoms with Crippen molar-refractivity contribution in [2.75, 3.05) is 18.2 Å². The molecule has 27 heavy (non-hydrogen) atoms. The minimum Gasteiger partial charge on any atom is -0.469 e. The zero-order chi connectivity index (χ0) is 19.1. The predicted molar refractivity (Wildman–Crippen MR) is 112 cm³/mol. The number of methoxy groups -OCH3 is 1. The Labute approximate surface area is 171 Å². The molecule has 1 aromatic carbocycles. The summed E-state index contributed by atoms with van der Waals surface area (Å²) in [5, 5.41) is 6.14. The van der Waals surface area contributed by atoms with Crippen LogP contribution in [0.25, 0.3) is 0 Å². The number of thiazole rings is 1. The van der Waals surface area contributed by atoms with Crippen molar-refractivity contribution in [3.63, 3.8) is 0 Å². The fourth-order valence-electron chi connectivity index (χ4n) is 2.16. The number of hydrogen-bond donors (Lipinski definition) is 1. The van der Waals surface area contributed by atoms with Gasteiger partial charge in [0.1, 0.15) is 5.82 Å². The van der Waals surface area contributed by atoms with Crippen LogP contribution in [0.15, 0.2) is 62.7 Å².